The van der Waals surface area contributed by atoms with Crippen molar-refractivity contribution in [1.29, 1.82) is 0 Å². The standard InChI is InChI=1S/C16H17N5O/c1-21-16(18-19-20-21)17-11-14-9-5-6-10-15(14)22-12-13-7-3-2-4-8-13/h2-10H,11-12H2,1H3,(H,17,18,20). The molecule has 22 heavy (non-hydrogen) atoms. The minimum absolute atomic E-state index is 0.545. The average Bonchev–Trinajstić information content (AvgIpc) is 2.98. The van der Waals surface area contributed by atoms with Crippen LogP contribution < -0.4 is 10.1 Å². The molecular weight excluding hydrogens is 278 g/mol. The fraction of sp³-hybridized carbons (Fsp3) is 0.188. The van der Waals surface area contributed by atoms with Gasteiger partial charge in [0, 0.05) is 19.2 Å². The van der Waals surface area contributed by atoms with Gasteiger partial charge in [-0.05, 0) is 22.1 Å². The van der Waals surface area contributed by atoms with E-state index in [1.165, 1.54) is 0 Å². The smallest absolute Gasteiger partial charge is 0.242 e. The Kier molecular flexibility index (Phi) is 4.29. The van der Waals surface area contributed by atoms with Crippen LogP contribution in [-0.4, -0.2) is 20.2 Å². The van der Waals surface area contributed by atoms with E-state index in [9.17, 15) is 0 Å². The Labute approximate surface area is 128 Å². The van der Waals surface area contributed by atoms with E-state index in [2.05, 4.69) is 20.8 Å². The van der Waals surface area contributed by atoms with Crippen LogP contribution in [0.5, 0.6) is 5.75 Å². The fourth-order valence-corrected chi connectivity index (χ4v) is 2.08. The summed E-state index contributed by atoms with van der Waals surface area (Å²) in [7, 11) is 1.79. The summed E-state index contributed by atoms with van der Waals surface area (Å²) in [6.07, 6.45) is 0. The molecule has 3 aromatic rings. The predicted molar refractivity (Wildman–Crippen MR) is 83.3 cm³/mol. The third kappa shape index (κ3) is 3.41. The number of rotatable bonds is 6. The molecule has 0 radical (unpaired) electrons. The molecule has 0 spiro atoms. The topological polar surface area (TPSA) is 64.9 Å². The SMILES string of the molecule is Cn1nnnc1NCc1ccccc1OCc1ccccc1. The van der Waals surface area contributed by atoms with Crippen molar-refractivity contribution >= 4 is 5.95 Å². The van der Waals surface area contributed by atoms with Crippen molar-refractivity contribution in [1.82, 2.24) is 20.2 Å². The second-order valence-corrected chi connectivity index (χ2v) is 4.86. The number of nitrogens with one attached hydrogen (secondary N) is 1. The molecule has 6 nitrogen and oxygen atoms in total. The lowest BCUT2D eigenvalue weighted by atomic mass is 10.2. The lowest BCUT2D eigenvalue weighted by Crippen LogP contribution is -2.07. The molecule has 0 fully saturated rings. The van der Waals surface area contributed by atoms with E-state index in [4.69, 9.17) is 4.74 Å². The summed E-state index contributed by atoms with van der Waals surface area (Å²) < 4.78 is 7.52. The average molecular weight is 295 g/mol. The Hall–Kier alpha value is -2.89. The van der Waals surface area contributed by atoms with Gasteiger partial charge in [-0.25, -0.2) is 4.68 Å². The first kappa shape index (κ1) is 14.1. The van der Waals surface area contributed by atoms with Crippen LogP contribution >= 0.6 is 0 Å². The first-order valence-corrected chi connectivity index (χ1v) is 7.04. The third-order valence-corrected chi connectivity index (χ3v) is 3.27. The Bertz CT molecular complexity index is 726. The summed E-state index contributed by atoms with van der Waals surface area (Å²) in [5.74, 6) is 1.48. The maximum atomic E-state index is 5.92. The molecule has 1 aromatic heterocycles. The van der Waals surface area contributed by atoms with Gasteiger partial charge in [0.15, 0.2) is 0 Å². The number of benzene rings is 2. The van der Waals surface area contributed by atoms with Crippen LogP contribution in [0.15, 0.2) is 54.6 Å². The molecular formula is C16H17N5O. The van der Waals surface area contributed by atoms with E-state index < -0.39 is 0 Å². The van der Waals surface area contributed by atoms with E-state index in [0.717, 1.165) is 16.9 Å². The number of aryl methyl sites for hydroxylation is 1. The van der Waals surface area contributed by atoms with Crippen molar-refractivity contribution in [2.75, 3.05) is 5.32 Å². The third-order valence-electron chi connectivity index (χ3n) is 3.27. The highest BCUT2D eigenvalue weighted by Gasteiger charge is 2.06. The highest BCUT2D eigenvalue weighted by atomic mass is 16.5. The van der Waals surface area contributed by atoms with Crippen LogP contribution in [0, 0.1) is 0 Å². The summed E-state index contributed by atoms with van der Waals surface area (Å²) in [4.78, 5) is 0. The number of aromatic nitrogens is 4. The van der Waals surface area contributed by atoms with Crippen molar-refractivity contribution in [2.24, 2.45) is 7.05 Å². The number of tetrazole rings is 1. The highest BCUT2D eigenvalue weighted by molar-refractivity contribution is 5.36. The summed E-state index contributed by atoms with van der Waals surface area (Å²) in [6.45, 7) is 1.14. The molecule has 112 valence electrons. The first-order chi connectivity index (χ1) is 10.8. The normalized spacial score (nSPS) is 10.4. The van der Waals surface area contributed by atoms with Crippen molar-refractivity contribution in [3.63, 3.8) is 0 Å². The summed E-state index contributed by atoms with van der Waals surface area (Å²) in [5, 5.41) is 14.5. The van der Waals surface area contributed by atoms with Crippen LogP contribution in [-0.2, 0) is 20.2 Å². The summed E-state index contributed by atoms with van der Waals surface area (Å²) >= 11 is 0. The molecule has 1 N–H and O–H groups in total. The first-order valence-electron chi connectivity index (χ1n) is 7.04. The summed E-state index contributed by atoms with van der Waals surface area (Å²) in [5.41, 5.74) is 2.20. The molecule has 0 saturated heterocycles. The second kappa shape index (κ2) is 6.71. The fourth-order valence-electron chi connectivity index (χ4n) is 2.08. The van der Waals surface area contributed by atoms with Gasteiger partial charge in [0.25, 0.3) is 0 Å². The number of para-hydroxylation sites is 1. The zero-order chi connectivity index (χ0) is 15.2. The van der Waals surface area contributed by atoms with Gasteiger partial charge >= 0.3 is 0 Å². The van der Waals surface area contributed by atoms with E-state index in [1.807, 2.05) is 54.6 Å². The lowest BCUT2D eigenvalue weighted by molar-refractivity contribution is 0.303. The van der Waals surface area contributed by atoms with E-state index in [-0.39, 0.29) is 0 Å². The zero-order valence-corrected chi connectivity index (χ0v) is 12.3. The van der Waals surface area contributed by atoms with Gasteiger partial charge in [0.1, 0.15) is 12.4 Å². The Morgan fingerprint density at radius 3 is 2.59 bits per heavy atom. The van der Waals surface area contributed by atoms with Gasteiger partial charge in [-0.15, -0.1) is 0 Å². The van der Waals surface area contributed by atoms with Crippen LogP contribution in [0.3, 0.4) is 0 Å². The molecule has 1 heterocycles. The van der Waals surface area contributed by atoms with Crippen LogP contribution in [0.25, 0.3) is 0 Å². The number of nitrogens with zero attached hydrogens (tertiary/aromatic N) is 4. The van der Waals surface area contributed by atoms with Gasteiger partial charge < -0.3 is 10.1 Å². The highest BCUT2D eigenvalue weighted by Crippen LogP contribution is 2.20. The quantitative estimate of drug-likeness (QED) is 0.756. The molecule has 0 bridgehead atoms. The molecule has 0 aliphatic heterocycles. The minimum atomic E-state index is 0.545. The van der Waals surface area contributed by atoms with Crippen LogP contribution in [0.1, 0.15) is 11.1 Å². The molecule has 0 aliphatic carbocycles. The second-order valence-electron chi connectivity index (χ2n) is 4.86. The molecule has 6 heteroatoms. The van der Waals surface area contributed by atoms with Gasteiger partial charge in [-0.1, -0.05) is 53.6 Å². The molecule has 2 aromatic carbocycles. The van der Waals surface area contributed by atoms with E-state index >= 15 is 0 Å². The van der Waals surface area contributed by atoms with Crippen molar-refractivity contribution in [2.45, 2.75) is 13.2 Å². The Morgan fingerprint density at radius 1 is 1.05 bits per heavy atom. The Balaban J connectivity index is 1.66. The van der Waals surface area contributed by atoms with Gasteiger partial charge in [0.05, 0.1) is 0 Å². The summed E-state index contributed by atoms with van der Waals surface area (Å²) in [6, 6.07) is 18.1. The van der Waals surface area contributed by atoms with E-state index in [1.54, 1.807) is 11.7 Å². The molecule has 0 atom stereocenters. The van der Waals surface area contributed by atoms with Crippen LogP contribution in [0.4, 0.5) is 5.95 Å². The van der Waals surface area contributed by atoms with Crippen molar-refractivity contribution < 1.29 is 4.74 Å². The largest absolute Gasteiger partial charge is 0.489 e. The Morgan fingerprint density at radius 2 is 1.82 bits per heavy atom. The van der Waals surface area contributed by atoms with Crippen molar-refractivity contribution in [3.05, 3.63) is 65.7 Å². The monoisotopic (exact) mass is 295 g/mol. The van der Waals surface area contributed by atoms with Crippen molar-refractivity contribution in [3.8, 4) is 5.75 Å². The molecule has 0 unspecified atom stereocenters. The molecule has 0 saturated carbocycles. The minimum Gasteiger partial charge on any atom is -0.489 e. The number of anilines is 1. The number of hydrogen-bond donors (Lipinski definition) is 1. The number of ether oxygens (including phenoxy) is 1. The maximum absolute atomic E-state index is 5.92. The molecule has 0 amide bonds. The molecule has 3 rings (SSSR count). The lowest BCUT2D eigenvalue weighted by Gasteiger charge is -2.12. The van der Waals surface area contributed by atoms with Crippen LogP contribution in [0.2, 0.25) is 0 Å². The van der Waals surface area contributed by atoms with Gasteiger partial charge in [0.2, 0.25) is 5.95 Å². The number of hydrogen-bond acceptors (Lipinski definition) is 5. The van der Waals surface area contributed by atoms with Gasteiger partial charge in [-0.3, -0.25) is 0 Å². The predicted octanol–water partition coefficient (Wildman–Crippen LogP) is 2.40. The maximum Gasteiger partial charge on any atom is 0.242 e. The van der Waals surface area contributed by atoms with E-state index in [0.29, 0.717) is 19.1 Å². The van der Waals surface area contributed by atoms with Gasteiger partial charge in [-0.2, -0.15) is 0 Å². The molecule has 0 aliphatic rings. The zero-order valence-electron chi connectivity index (χ0n) is 12.3.